The van der Waals surface area contributed by atoms with Crippen molar-refractivity contribution in [2.75, 3.05) is 19.3 Å². The number of sulfonamides is 1. The molecule has 0 fully saturated rings. The molecule has 0 aromatic rings. The van der Waals surface area contributed by atoms with Gasteiger partial charge in [-0.2, -0.15) is 0 Å². The number of carboxylic acids is 1. The minimum absolute atomic E-state index is 0.0349. The summed E-state index contributed by atoms with van der Waals surface area (Å²) in [5, 5.41) is 8.49. The SMILES string of the molecule is CN(CCC(=O)O)S(=O)(=O)CCCC(C)(C)C. The van der Waals surface area contributed by atoms with Gasteiger partial charge in [-0.1, -0.05) is 20.8 Å². The van der Waals surface area contributed by atoms with Gasteiger partial charge in [0.25, 0.3) is 0 Å². The van der Waals surface area contributed by atoms with E-state index in [2.05, 4.69) is 20.8 Å². The van der Waals surface area contributed by atoms with Gasteiger partial charge in [-0.25, -0.2) is 12.7 Å². The van der Waals surface area contributed by atoms with Gasteiger partial charge in [-0.05, 0) is 18.3 Å². The molecule has 6 heteroatoms. The van der Waals surface area contributed by atoms with E-state index in [1.165, 1.54) is 7.05 Å². The van der Waals surface area contributed by atoms with Crippen molar-refractivity contribution in [1.29, 1.82) is 0 Å². The topological polar surface area (TPSA) is 74.7 Å². The normalized spacial score (nSPS) is 13.0. The van der Waals surface area contributed by atoms with Gasteiger partial charge in [0.05, 0.1) is 12.2 Å². The molecule has 0 bridgehead atoms. The molecule has 0 radical (unpaired) electrons. The van der Waals surface area contributed by atoms with E-state index in [1.54, 1.807) is 0 Å². The number of hydrogen-bond donors (Lipinski definition) is 1. The summed E-state index contributed by atoms with van der Waals surface area (Å²) >= 11 is 0. The molecule has 0 aromatic carbocycles. The highest BCUT2D eigenvalue weighted by Gasteiger charge is 2.19. The van der Waals surface area contributed by atoms with E-state index in [1.807, 2.05) is 0 Å². The molecule has 0 amide bonds. The van der Waals surface area contributed by atoms with Crippen molar-refractivity contribution in [3.8, 4) is 0 Å². The number of carbonyl (C=O) groups is 1. The van der Waals surface area contributed by atoms with E-state index in [9.17, 15) is 13.2 Å². The first kappa shape index (κ1) is 16.4. The van der Waals surface area contributed by atoms with Crippen LogP contribution in [0.3, 0.4) is 0 Å². The Morgan fingerprint density at radius 2 is 1.82 bits per heavy atom. The highest BCUT2D eigenvalue weighted by molar-refractivity contribution is 7.89. The van der Waals surface area contributed by atoms with Gasteiger partial charge < -0.3 is 5.11 Å². The Hall–Kier alpha value is -0.620. The molecule has 0 aliphatic rings. The third kappa shape index (κ3) is 8.15. The molecular weight excluding hydrogens is 242 g/mol. The summed E-state index contributed by atoms with van der Waals surface area (Å²) in [6.07, 6.45) is 1.28. The van der Waals surface area contributed by atoms with Crippen LogP contribution in [0.1, 0.15) is 40.0 Å². The largest absolute Gasteiger partial charge is 0.481 e. The zero-order chi connectivity index (χ0) is 13.7. The van der Waals surface area contributed by atoms with E-state index in [4.69, 9.17) is 5.11 Å². The van der Waals surface area contributed by atoms with Crippen molar-refractivity contribution < 1.29 is 18.3 Å². The lowest BCUT2D eigenvalue weighted by Crippen LogP contribution is -2.31. The Balaban J connectivity index is 4.15. The fourth-order valence-corrected chi connectivity index (χ4v) is 2.52. The zero-order valence-corrected chi connectivity index (χ0v) is 11.9. The quantitative estimate of drug-likeness (QED) is 0.758. The van der Waals surface area contributed by atoms with Crippen LogP contribution in [0.5, 0.6) is 0 Å². The van der Waals surface area contributed by atoms with Crippen LogP contribution in [-0.2, 0) is 14.8 Å². The Morgan fingerprint density at radius 1 is 1.29 bits per heavy atom. The number of aliphatic carboxylic acids is 1. The van der Waals surface area contributed by atoms with Crippen LogP contribution in [0, 0.1) is 5.41 Å². The predicted octanol–water partition coefficient (Wildman–Crippen LogP) is 1.55. The minimum Gasteiger partial charge on any atom is -0.481 e. The number of rotatable bonds is 7. The van der Waals surface area contributed by atoms with Gasteiger partial charge in [-0.15, -0.1) is 0 Å². The molecule has 0 spiro atoms. The van der Waals surface area contributed by atoms with Gasteiger partial charge in [0, 0.05) is 13.6 Å². The van der Waals surface area contributed by atoms with E-state index in [0.29, 0.717) is 6.42 Å². The predicted molar refractivity (Wildman–Crippen MR) is 67.4 cm³/mol. The smallest absolute Gasteiger partial charge is 0.304 e. The first-order chi connectivity index (χ1) is 7.54. The van der Waals surface area contributed by atoms with E-state index < -0.39 is 16.0 Å². The average molecular weight is 265 g/mol. The summed E-state index contributed by atoms with van der Waals surface area (Å²) in [6, 6.07) is 0. The van der Waals surface area contributed by atoms with Gasteiger partial charge in [0.15, 0.2) is 0 Å². The van der Waals surface area contributed by atoms with Crippen LogP contribution < -0.4 is 0 Å². The summed E-state index contributed by atoms with van der Waals surface area (Å²) in [6.45, 7) is 6.22. The number of nitrogens with zero attached hydrogens (tertiary/aromatic N) is 1. The van der Waals surface area contributed by atoms with Crippen LogP contribution in [0.4, 0.5) is 0 Å². The van der Waals surface area contributed by atoms with Crippen LogP contribution in [0.15, 0.2) is 0 Å². The first-order valence-electron chi connectivity index (χ1n) is 5.70. The molecule has 102 valence electrons. The molecule has 1 N–H and O–H groups in total. The maximum Gasteiger partial charge on any atom is 0.304 e. The second-order valence-electron chi connectivity index (χ2n) is 5.45. The highest BCUT2D eigenvalue weighted by Crippen LogP contribution is 2.21. The van der Waals surface area contributed by atoms with Crippen molar-refractivity contribution in [2.45, 2.75) is 40.0 Å². The van der Waals surface area contributed by atoms with Crippen LogP contribution in [0.2, 0.25) is 0 Å². The Labute approximate surface area is 104 Å². The molecule has 0 heterocycles. The number of hydrogen-bond acceptors (Lipinski definition) is 3. The minimum atomic E-state index is -3.31. The lowest BCUT2D eigenvalue weighted by molar-refractivity contribution is -0.137. The van der Waals surface area contributed by atoms with Crippen LogP contribution in [-0.4, -0.2) is 43.1 Å². The van der Waals surface area contributed by atoms with Crippen molar-refractivity contribution in [3.05, 3.63) is 0 Å². The zero-order valence-electron chi connectivity index (χ0n) is 11.1. The lowest BCUT2D eigenvalue weighted by Gasteiger charge is -2.20. The third-order valence-corrected chi connectivity index (χ3v) is 4.38. The van der Waals surface area contributed by atoms with Gasteiger partial charge >= 0.3 is 5.97 Å². The molecule has 0 unspecified atom stereocenters. The fraction of sp³-hybridized carbons (Fsp3) is 0.909. The molecule has 0 aliphatic heterocycles. The molecule has 0 atom stereocenters. The van der Waals surface area contributed by atoms with Crippen LogP contribution in [0.25, 0.3) is 0 Å². The van der Waals surface area contributed by atoms with Crippen molar-refractivity contribution in [1.82, 2.24) is 4.31 Å². The fourth-order valence-electron chi connectivity index (χ4n) is 1.33. The van der Waals surface area contributed by atoms with Crippen molar-refractivity contribution >= 4 is 16.0 Å². The summed E-state index contributed by atoms with van der Waals surface area (Å²) in [7, 11) is -1.88. The van der Waals surface area contributed by atoms with E-state index in [0.717, 1.165) is 10.7 Å². The number of carboxylic acid groups (broad SMARTS) is 1. The Bertz CT molecular complexity index is 343. The Morgan fingerprint density at radius 3 is 2.24 bits per heavy atom. The molecule has 0 aromatic heterocycles. The third-order valence-electron chi connectivity index (χ3n) is 2.44. The second kappa shape index (κ2) is 6.35. The molecule has 5 nitrogen and oxygen atoms in total. The summed E-state index contributed by atoms with van der Waals surface area (Å²) in [5.41, 5.74) is 0.120. The first-order valence-corrected chi connectivity index (χ1v) is 7.31. The maximum absolute atomic E-state index is 11.8. The standard InChI is InChI=1S/C11H23NO4S/c1-11(2,3)7-5-9-17(15,16)12(4)8-6-10(13)14/h5-9H2,1-4H3,(H,13,14). The monoisotopic (exact) mass is 265 g/mol. The second-order valence-corrected chi connectivity index (χ2v) is 7.64. The molecular formula is C11H23NO4S. The molecule has 17 heavy (non-hydrogen) atoms. The highest BCUT2D eigenvalue weighted by atomic mass is 32.2. The maximum atomic E-state index is 11.8. The van der Waals surface area contributed by atoms with Crippen molar-refractivity contribution in [3.63, 3.8) is 0 Å². The van der Waals surface area contributed by atoms with Crippen molar-refractivity contribution in [2.24, 2.45) is 5.41 Å². The van der Waals surface area contributed by atoms with Gasteiger partial charge in [0.1, 0.15) is 0 Å². The average Bonchev–Trinajstić information content (AvgIpc) is 2.11. The van der Waals surface area contributed by atoms with E-state index in [-0.39, 0.29) is 24.1 Å². The van der Waals surface area contributed by atoms with Gasteiger partial charge in [-0.3, -0.25) is 4.79 Å². The van der Waals surface area contributed by atoms with Gasteiger partial charge in [0.2, 0.25) is 10.0 Å². The Kier molecular flexibility index (Phi) is 6.12. The summed E-state index contributed by atoms with van der Waals surface area (Å²) in [4.78, 5) is 10.4. The molecule has 0 saturated carbocycles. The summed E-state index contributed by atoms with van der Waals surface area (Å²) < 4.78 is 24.7. The summed E-state index contributed by atoms with van der Waals surface area (Å²) in [5.74, 6) is -0.901. The lowest BCUT2D eigenvalue weighted by atomic mass is 9.91. The van der Waals surface area contributed by atoms with Crippen LogP contribution >= 0.6 is 0 Å². The molecule has 0 rings (SSSR count). The molecule has 0 aliphatic carbocycles. The van der Waals surface area contributed by atoms with E-state index >= 15 is 0 Å². The molecule has 0 saturated heterocycles.